The Kier molecular flexibility index (Phi) is 3.84. The van der Waals surface area contributed by atoms with Crippen LogP contribution < -0.4 is 0 Å². The van der Waals surface area contributed by atoms with Gasteiger partial charge >= 0.3 is 0 Å². The number of hydrogen-bond donors (Lipinski definition) is 1. The van der Waals surface area contributed by atoms with Crippen LogP contribution in [0, 0.1) is 0 Å². The third-order valence-corrected chi connectivity index (χ3v) is 3.72. The molecule has 0 saturated carbocycles. The molecule has 0 spiro atoms. The summed E-state index contributed by atoms with van der Waals surface area (Å²) in [6, 6.07) is 19.7. The molecule has 0 bridgehead atoms. The van der Waals surface area contributed by atoms with E-state index in [9.17, 15) is 5.11 Å². The summed E-state index contributed by atoms with van der Waals surface area (Å²) in [5, 5.41) is 14.9. The van der Waals surface area contributed by atoms with E-state index in [-0.39, 0.29) is 6.04 Å². The first-order chi connectivity index (χ1) is 10.3. The first-order valence-corrected chi connectivity index (χ1v) is 7.08. The van der Waals surface area contributed by atoms with Crippen molar-refractivity contribution in [3.8, 4) is 11.1 Å². The summed E-state index contributed by atoms with van der Waals surface area (Å²) >= 11 is 0. The smallest absolute Gasteiger partial charge is 0.101 e. The summed E-state index contributed by atoms with van der Waals surface area (Å²) in [6.07, 6.45) is 3.24. The van der Waals surface area contributed by atoms with Crippen molar-refractivity contribution in [3.05, 3.63) is 78.6 Å². The second kappa shape index (κ2) is 5.94. The summed E-state index contributed by atoms with van der Waals surface area (Å²) in [5.74, 6) is 0. The standard InChI is InChI=1S/C18H18N2O/c1-14(18(21)16-10-6-3-7-11-16)20-13-17(12-19-20)15-8-4-2-5-9-15/h2-14,18,21H,1H3. The molecule has 0 amide bonds. The summed E-state index contributed by atoms with van der Waals surface area (Å²) in [6.45, 7) is 1.97. The van der Waals surface area contributed by atoms with Crippen molar-refractivity contribution in [2.24, 2.45) is 0 Å². The van der Waals surface area contributed by atoms with Crippen molar-refractivity contribution >= 4 is 0 Å². The number of hydrogen-bond acceptors (Lipinski definition) is 2. The minimum atomic E-state index is -0.574. The Morgan fingerprint density at radius 3 is 2.19 bits per heavy atom. The Bertz CT molecular complexity index is 692. The van der Waals surface area contributed by atoms with Gasteiger partial charge in [-0.2, -0.15) is 5.10 Å². The van der Waals surface area contributed by atoms with Gasteiger partial charge in [-0.25, -0.2) is 0 Å². The molecule has 1 N–H and O–H groups in total. The highest BCUT2D eigenvalue weighted by Crippen LogP contribution is 2.27. The Labute approximate surface area is 124 Å². The molecule has 0 saturated heterocycles. The van der Waals surface area contributed by atoms with Crippen molar-refractivity contribution in [2.75, 3.05) is 0 Å². The van der Waals surface area contributed by atoms with Crippen LogP contribution in [0.2, 0.25) is 0 Å². The summed E-state index contributed by atoms with van der Waals surface area (Å²) < 4.78 is 1.82. The molecule has 3 heteroatoms. The van der Waals surface area contributed by atoms with E-state index in [1.807, 2.05) is 72.5 Å². The van der Waals surface area contributed by atoms with Crippen molar-refractivity contribution in [1.29, 1.82) is 0 Å². The van der Waals surface area contributed by atoms with E-state index in [1.165, 1.54) is 0 Å². The highest BCUT2D eigenvalue weighted by Gasteiger charge is 2.18. The zero-order valence-electron chi connectivity index (χ0n) is 11.9. The van der Waals surface area contributed by atoms with Crippen LogP contribution >= 0.6 is 0 Å². The van der Waals surface area contributed by atoms with Crippen molar-refractivity contribution < 1.29 is 5.11 Å². The molecule has 2 unspecified atom stereocenters. The second-order valence-electron chi connectivity index (χ2n) is 5.17. The Morgan fingerprint density at radius 1 is 0.905 bits per heavy atom. The van der Waals surface area contributed by atoms with Gasteiger partial charge in [0.2, 0.25) is 0 Å². The molecule has 1 heterocycles. The minimum Gasteiger partial charge on any atom is -0.386 e. The highest BCUT2D eigenvalue weighted by molar-refractivity contribution is 5.61. The number of aliphatic hydroxyl groups is 1. The third-order valence-electron chi connectivity index (χ3n) is 3.72. The van der Waals surface area contributed by atoms with Gasteiger partial charge in [-0.1, -0.05) is 60.7 Å². The monoisotopic (exact) mass is 278 g/mol. The molecule has 2 aromatic carbocycles. The maximum absolute atomic E-state index is 10.5. The van der Waals surface area contributed by atoms with E-state index in [2.05, 4.69) is 17.2 Å². The van der Waals surface area contributed by atoms with E-state index in [4.69, 9.17) is 0 Å². The normalized spacial score (nSPS) is 13.8. The Balaban J connectivity index is 1.83. The molecule has 3 nitrogen and oxygen atoms in total. The average Bonchev–Trinajstić information content (AvgIpc) is 3.05. The lowest BCUT2D eigenvalue weighted by atomic mass is 10.0. The number of nitrogens with zero attached hydrogens (tertiary/aromatic N) is 2. The molecule has 0 aliphatic carbocycles. The van der Waals surface area contributed by atoms with Crippen molar-refractivity contribution in [3.63, 3.8) is 0 Å². The van der Waals surface area contributed by atoms with E-state index < -0.39 is 6.10 Å². The molecular weight excluding hydrogens is 260 g/mol. The van der Waals surface area contributed by atoms with Crippen LogP contribution in [0.1, 0.15) is 24.6 Å². The van der Waals surface area contributed by atoms with Crippen LogP contribution in [0.15, 0.2) is 73.1 Å². The SMILES string of the molecule is CC(C(O)c1ccccc1)n1cc(-c2ccccc2)cn1. The van der Waals surface area contributed by atoms with Gasteiger partial charge < -0.3 is 5.11 Å². The van der Waals surface area contributed by atoms with Gasteiger partial charge in [-0.3, -0.25) is 4.68 Å². The number of aliphatic hydroxyl groups excluding tert-OH is 1. The van der Waals surface area contributed by atoms with Gasteiger partial charge in [-0.05, 0) is 18.1 Å². The second-order valence-corrected chi connectivity index (χ2v) is 5.17. The number of aromatic nitrogens is 2. The topological polar surface area (TPSA) is 38.0 Å². The van der Waals surface area contributed by atoms with Gasteiger partial charge in [0.25, 0.3) is 0 Å². The molecule has 0 aliphatic heterocycles. The van der Waals surface area contributed by atoms with E-state index in [1.54, 1.807) is 0 Å². The van der Waals surface area contributed by atoms with Crippen LogP contribution in [0.25, 0.3) is 11.1 Å². The fourth-order valence-electron chi connectivity index (χ4n) is 2.41. The molecule has 0 radical (unpaired) electrons. The molecule has 0 fully saturated rings. The predicted octanol–water partition coefficient (Wildman–Crippen LogP) is 3.84. The zero-order valence-corrected chi connectivity index (χ0v) is 11.9. The van der Waals surface area contributed by atoms with Crippen molar-refractivity contribution in [2.45, 2.75) is 19.1 Å². The highest BCUT2D eigenvalue weighted by atomic mass is 16.3. The summed E-state index contributed by atoms with van der Waals surface area (Å²) in [7, 11) is 0. The van der Waals surface area contributed by atoms with E-state index in [0.29, 0.717) is 0 Å². The van der Waals surface area contributed by atoms with Gasteiger partial charge in [-0.15, -0.1) is 0 Å². The molecule has 0 aliphatic rings. The fraction of sp³-hybridized carbons (Fsp3) is 0.167. The molecule has 106 valence electrons. The lowest BCUT2D eigenvalue weighted by Crippen LogP contribution is -2.15. The molecule has 1 aromatic heterocycles. The zero-order chi connectivity index (χ0) is 14.7. The number of benzene rings is 2. The largest absolute Gasteiger partial charge is 0.386 e. The first kappa shape index (κ1) is 13.6. The van der Waals surface area contributed by atoms with Gasteiger partial charge in [0, 0.05) is 11.8 Å². The summed E-state index contributed by atoms with van der Waals surface area (Å²) in [5.41, 5.74) is 3.09. The van der Waals surface area contributed by atoms with Gasteiger partial charge in [0.05, 0.1) is 12.2 Å². The maximum Gasteiger partial charge on any atom is 0.101 e. The molecular formula is C18H18N2O. The third kappa shape index (κ3) is 2.88. The van der Waals surface area contributed by atoms with E-state index in [0.717, 1.165) is 16.7 Å². The van der Waals surface area contributed by atoms with E-state index >= 15 is 0 Å². The molecule has 3 rings (SSSR count). The average molecular weight is 278 g/mol. The van der Waals surface area contributed by atoms with Crippen LogP contribution in [0.3, 0.4) is 0 Å². The summed E-state index contributed by atoms with van der Waals surface area (Å²) in [4.78, 5) is 0. The Morgan fingerprint density at radius 2 is 1.52 bits per heavy atom. The minimum absolute atomic E-state index is 0.120. The van der Waals surface area contributed by atoms with Crippen LogP contribution in [-0.4, -0.2) is 14.9 Å². The van der Waals surface area contributed by atoms with Crippen LogP contribution in [0.4, 0.5) is 0 Å². The van der Waals surface area contributed by atoms with Gasteiger partial charge in [0.1, 0.15) is 6.10 Å². The maximum atomic E-state index is 10.5. The quantitative estimate of drug-likeness (QED) is 0.787. The van der Waals surface area contributed by atoms with Crippen molar-refractivity contribution in [1.82, 2.24) is 9.78 Å². The predicted molar refractivity (Wildman–Crippen MR) is 83.8 cm³/mol. The number of rotatable bonds is 4. The van der Waals surface area contributed by atoms with Crippen LogP contribution in [0.5, 0.6) is 0 Å². The molecule has 21 heavy (non-hydrogen) atoms. The molecule has 3 aromatic rings. The lowest BCUT2D eigenvalue weighted by Gasteiger charge is -2.19. The van der Waals surface area contributed by atoms with Gasteiger partial charge in [0.15, 0.2) is 0 Å². The molecule has 2 atom stereocenters. The fourth-order valence-corrected chi connectivity index (χ4v) is 2.41. The first-order valence-electron chi connectivity index (χ1n) is 7.08. The lowest BCUT2D eigenvalue weighted by molar-refractivity contribution is 0.115. The van der Waals surface area contributed by atoms with Crippen LogP contribution in [-0.2, 0) is 0 Å². The Hall–Kier alpha value is -2.39.